The molecule has 3 nitrogen and oxygen atoms in total. The summed E-state index contributed by atoms with van der Waals surface area (Å²) in [4.78, 5) is 6.86. The van der Waals surface area contributed by atoms with Crippen LogP contribution in [0.4, 0.5) is 5.82 Å². The lowest BCUT2D eigenvalue weighted by molar-refractivity contribution is 0.424. The zero-order valence-corrected chi connectivity index (χ0v) is 13.5. The fourth-order valence-corrected chi connectivity index (χ4v) is 2.03. The third-order valence-electron chi connectivity index (χ3n) is 2.85. The molecule has 0 spiro atoms. The van der Waals surface area contributed by atoms with Crippen LogP contribution in [-0.4, -0.2) is 24.1 Å². The highest BCUT2D eigenvalue weighted by atomic mass is 15.2. The minimum atomic E-state index is 0.140. The van der Waals surface area contributed by atoms with Crippen LogP contribution in [0.1, 0.15) is 45.9 Å². The summed E-state index contributed by atoms with van der Waals surface area (Å²) < 4.78 is 0. The first-order valence-electron chi connectivity index (χ1n) is 7.11. The van der Waals surface area contributed by atoms with Crippen LogP contribution < -0.4 is 10.2 Å². The minimum absolute atomic E-state index is 0.140. The first-order chi connectivity index (χ1) is 8.67. The highest BCUT2D eigenvalue weighted by Crippen LogP contribution is 2.16. The first kappa shape index (κ1) is 16.0. The van der Waals surface area contributed by atoms with Crippen molar-refractivity contribution < 1.29 is 0 Å². The van der Waals surface area contributed by atoms with Gasteiger partial charge in [0.25, 0.3) is 0 Å². The quantitative estimate of drug-likeness (QED) is 0.883. The van der Waals surface area contributed by atoms with Crippen molar-refractivity contribution in [2.75, 3.05) is 18.5 Å². The Hall–Kier alpha value is -1.09. The van der Waals surface area contributed by atoms with Crippen molar-refractivity contribution in [3.8, 4) is 0 Å². The summed E-state index contributed by atoms with van der Waals surface area (Å²) in [6, 6.07) is 4.35. The van der Waals surface area contributed by atoms with E-state index in [-0.39, 0.29) is 5.54 Å². The molecular formula is C16H29N3. The second-order valence-electron chi connectivity index (χ2n) is 6.85. The van der Waals surface area contributed by atoms with E-state index in [0.717, 1.165) is 24.6 Å². The van der Waals surface area contributed by atoms with E-state index in [1.165, 1.54) is 5.56 Å². The summed E-state index contributed by atoms with van der Waals surface area (Å²) in [5.41, 5.74) is 2.52. The molecule has 1 aromatic heterocycles. The molecule has 0 fully saturated rings. The van der Waals surface area contributed by atoms with Crippen molar-refractivity contribution >= 4 is 5.82 Å². The number of nitrogens with zero attached hydrogens (tertiary/aromatic N) is 2. The average Bonchev–Trinajstić information content (AvgIpc) is 2.23. The lowest BCUT2D eigenvalue weighted by Crippen LogP contribution is -2.35. The fourth-order valence-electron chi connectivity index (χ4n) is 2.03. The molecule has 0 amide bonds. The van der Waals surface area contributed by atoms with Gasteiger partial charge in [0.1, 0.15) is 5.82 Å². The van der Waals surface area contributed by atoms with Crippen molar-refractivity contribution in [2.45, 2.75) is 53.6 Å². The summed E-state index contributed by atoms with van der Waals surface area (Å²) in [5, 5.41) is 3.53. The van der Waals surface area contributed by atoms with Crippen molar-refractivity contribution in [2.24, 2.45) is 5.92 Å². The maximum Gasteiger partial charge on any atom is 0.128 e. The number of nitrogens with one attached hydrogen (secondary N) is 1. The normalized spacial score (nSPS) is 12.0. The van der Waals surface area contributed by atoms with Gasteiger partial charge < -0.3 is 10.2 Å². The van der Waals surface area contributed by atoms with E-state index >= 15 is 0 Å². The third-order valence-corrected chi connectivity index (χ3v) is 2.85. The molecule has 0 unspecified atom stereocenters. The molecule has 108 valence electrons. The lowest BCUT2D eigenvalue weighted by atomic mass is 10.1. The molecule has 0 aliphatic heterocycles. The monoisotopic (exact) mass is 263 g/mol. The highest BCUT2D eigenvalue weighted by molar-refractivity contribution is 5.42. The zero-order valence-electron chi connectivity index (χ0n) is 13.5. The standard InChI is InChI=1S/C16H29N3/c1-12(2)11-19(7)15-9-14(8-13(3)18-15)10-17-16(4,5)6/h8-9,12,17H,10-11H2,1-7H3. The van der Waals surface area contributed by atoms with Gasteiger partial charge in [0.05, 0.1) is 0 Å². The first-order valence-corrected chi connectivity index (χ1v) is 7.11. The van der Waals surface area contributed by atoms with Gasteiger partial charge in [-0.15, -0.1) is 0 Å². The Kier molecular flexibility index (Phi) is 5.36. The topological polar surface area (TPSA) is 28.2 Å². The summed E-state index contributed by atoms with van der Waals surface area (Å²) in [7, 11) is 2.11. The van der Waals surface area contributed by atoms with Crippen LogP contribution in [0.2, 0.25) is 0 Å². The van der Waals surface area contributed by atoms with E-state index in [9.17, 15) is 0 Å². The predicted octanol–water partition coefficient (Wildman–Crippen LogP) is 3.37. The SMILES string of the molecule is Cc1cc(CNC(C)(C)C)cc(N(C)CC(C)C)n1. The van der Waals surface area contributed by atoms with Gasteiger partial charge in [0, 0.05) is 31.4 Å². The van der Waals surface area contributed by atoms with Crippen molar-refractivity contribution in [1.82, 2.24) is 10.3 Å². The molecule has 1 N–H and O–H groups in total. The van der Waals surface area contributed by atoms with E-state index in [4.69, 9.17) is 0 Å². The van der Waals surface area contributed by atoms with E-state index in [1.807, 2.05) is 0 Å². The van der Waals surface area contributed by atoms with Crippen LogP contribution in [-0.2, 0) is 6.54 Å². The second-order valence-corrected chi connectivity index (χ2v) is 6.85. The molecule has 0 radical (unpaired) electrons. The van der Waals surface area contributed by atoms with Crippen LogP contribution in [0.25, 0.3) is 0 Å². The maximum atomic E-state index is 4.63. The van der Waals surface area contributed by atoms with Gasteiger partial charge in [-0.3, -0.25) is 0 Å². The maximum absolute atomic E-state index is 4.63. The Morgan fingerprint density at radius 2 is 1.89 bits per heavy atom. The Morgan fingerprint density at radius 1 is 1.26 bits per heavy atom. The molecule has 0 aliphatic rings. The van der Waals surface area contributed by atoms with Gasteiger partial charge in [-0.2, -0.15) is 0 Å². The molecule has 0 aromatic carbocycles. The number of pyridine rings is 1. The summed E-state index contributed by atoms with van der Waals surface area (Å²) in [6.45, 7) is 15.0. The molecule has 1 heterocycles. The van der Waals surface area contributed by atoms with Gasteiger partial charge in [-0.1, -0.05) is 13.8 Å². The molecule has 19 heavy (non-hydrogen) atoms. The van der Waals surface area contributed by atoms with Crippen molar-refractivity contribution in [3.63, 3.8) is 0 Å². The van der Waals surface area contributed by atoms with Crippen LogP contribution in [0.15, 0.2) is 12.1 Å². The third kappa shape index (κ3) is 6.06. The van der Waals surface area contributed by atoms with E-state index in [2.05, 4.69) is 75.9 Å². The number of rotatable bonds is 5. The Balaban J connectivity index is 2.82. The molecule has 1 aromatic rings. The number of hydrogen-bond acceptors (Lipinski definition) is 3. The predicted molar refractivity (Wildman–Crippen MR) is 83.7 cm³/mol. The molecule has 0 saturated heterocycles. The number of hydrogen-bond donors (Lipinski definition) is 1. The minimum Gasteiger partial charge on any atom is -0.359 e. The van der Waals surface area contributed by atoms with Gasteiger partial charge in [-0.05, 0) is 51.3 Å². The van der Waals surface area contributed by atoms with E-state index in [1.54, 1.807) is 0 Å². The Labute approximate surface area is 118 Å². The number of aryl methyl sites for hydroxylation is 1. The van der Waals surface area contributed by atoms with Gasteiger partial charge >= 0.3 is 0 Å². The van der Waals surface area contributed by atoms with E-state index in [0.29, 0.717) is 5.92 Å². The van der Waals surface area contributed by atoms with Crippen LogP contribution in [0.5, 0.6) is 0 Å². The average molecular weight is 263 g/mol. The summed E-state index contributed by atoms with van der Waals surface area (Å²) in [5.74, 6) is 1.71. The van der Waals surface area contributed by atoms with E-state index < -0.39 is 0 Å². The molecule has 0 atom stereocenters. The lowest BCUT2D eigenvalue weighted by Gasteiger charge is -2.23. The Bertz CT molecular complexity index is 405. The summed E-state index contributed by atoms with van der Waals surface area (Å²) >= 11 is 0. The largest absolute Gasteiger partial charge is 0.359 e. The van der Waals surface area contributed by atoms with Crippen molar-refractivity contribution in [1.29, 1.82) is 0 Å². The molecular weight excluding hydrogens is 234 g/mol. The van der Waals surface area contributed by atoms with Crippen molar-refractivity contribution in [3.05, 3.63) is 23.4 Å². The number of aromatic nitrogens is 1. The Morgan fingerprint density at radius 3 is 2.42 bits per heavy atom. The van der Waals surface area contributed by atoms with Crippen LogP contribution >= 0.6 is 0 Å². The number of anilines is 1. The summed E-state index contributed by atoms with van der Waals surface area (Å²) in [6.07, 6.45) is 0. The van der Waals surface area contributed by atoms with Crippen LogP contribution in [0.3, 0.4) is 0 Å². The van der Waals surface area contributed by atoms with Gasteiger partial charge in [0.2, 0.25) is 0 Å². The molecule has 0 aliphatic carbocycles. The zero-order chi connectivity index (χ0) is 14.6. The van der Waals surface area contributed by atoms with Crippen LogP contribution in [0, 0.1) is 12.8 Å². The molecule has 3 heteroatoms. The smallest absolute Gasteiger partial charge is 0.128 e. The van der Waals surface area contributed by atoms with Gasteiger partial charge in [0.15, 0.2) is 0 Å². The molecule has 0 bridgehead atoms. The highest BCUT2D eigenvalue weighted by Gasteiger charge is 2.11. The van der Waals surface area contributed by atoms with Gasteiger partial charge in [-0.25, -0.2) is 4.98 Å². The second kappa shape index (κ2) is 6.38. The molecule has 1 rings (SSSR count). The molecule has 0 saturated carbocycles. The fraction of sp³-hybridized carbons (Fsp3) is 0.688.